The van der Waals surface area contributed by atoms with Crippen molar-refractivity contribution in [2.45, 2.75) is 19.3 Å². The quantitative estimate of drug-likeness (QED) is 0.488. The van der Waals surface area contributed by atoms with Gasteiger partial charge in [0.25, 0.3) is 0 Å². The minimum atomic E-state index is 0.0743. The van der Waals surface area contributed by atoms with Gasteiger partial charge in [-0.2, -0.15) is 0 Å². The standard InChI is InChI=1S/C12H19N3O/c13-8-1-9-15-12(16)7-4-10-2-5-11(14)6-3-10/h2-3,5-6H,1,4,7-9,13-14H2,(H,15,16). The van der Waals surface area contributed by atoms with Gasteiger partial charge in [0.1, 0.15) is 0 Å². The van der Waals surface area contributed by atoms with Crippen LogP contribution in [0.15, 0.2) is 24.3 Å². The van der Waals surface area contributed by atoms with Gasteiger partial charge in [0.2, 0.25) is 5.91 Å². The zero-order chi connectivity index (χ0) is 11.8. The van der Waals surface area contributed by atoms with Crippen molar-refractivity contribution in [1.82, 2.24) is 5.32 Å². The molecular weight excluding hydrogens is 202 g/mol. The molecule has 0 saturated carbocycles. The lowest BCUT2D eigenvalue weighted by molar-refractivity contribution is -0.121. The van der Waals surface area contributed by atoms with Crippen molar-refractivity contribution in [3.05, 3.63) is 29.8 Å². The predicted octanol–water partition coefficient (Wildman–Crippen LogP) is 0.666. The van der Waals surface area contributed by atoms with Crippen LogP contribution in [0.2, 0.25) is 0 Å². The van der Waals surface area contributed by atoms with Gasteiger partial charge in [0, 0.05) is 18.7 Å². The lowest BCUT2D eigenvalue weighted by Crippen LogP contribution is -2.26. The van der Waals surface area contributed by atoms with E-state index in [1.54, 1.807) is 0 Å². The molecule has 0 aromatic heterocycles. The zero-order valence-electron chi connectivity index (χ0n) is 9.41. The number of aryl methyl sites for hydroxylation is 1. The van der Waals surface area contributed by atoms with E-state index in [2.05, 4.69) is 5.32 Å². The Labute approximate surface area is 96.0 Å². The van der Waals surface area contributed by atoms with E-state index in [-0.39, 0.29) is 5.91 Å². The first-order chi connectivity index (χ1) is 7.72. The third-order valence-electron chi connectivity index (χ3n) is 2.32. The number of rotatable bonds is 6. The maximum atomic E-state index is 11.4. The van der Waals surface area contributed by atoms with Crippen molar-refractivity contribution >= 4 is 11.6 Å². The first-order valence-corrected chi connectivity index (χ1v) is 5.53. The summed E-state index contributed by atoms with van der Waals surface area (Å²) >= 11 is 0. The smallest absolute Gasteiger partial charge is 0.220 e. The van der Waals surface area contributed by atoms with Gasteiger partial charge in [-0.1, -0.05) is 12.1 Å². The van der Waals surface area contributed by atoms with Crippen molar-refractivity contribution in [3.8, 4) is 0 Å². The number of anilines is 1. The van der Waals surface area contributed by atoms with Crippen molar-refractivity contribution < 1.29 is 4.79 Å². The van der Waals surface area contributed by atoms with Crippen LogP contribution in [0, 0.1) is 0 Å². The molecule has 0 aliphatic rings. The van der Waals surface area contributed by atoms with Gasteiger partial charge in [-0.05, 0) is 37.1 Å². The molecule has 0 spiro atoms. The van der Waals surface area contributed by atoms with E-state index >= 15 is 0 Å². The van der Waals surface area contributed by atoms with E-state index in [1.165, 1.54) is 0 Å². The molecule has 1 aromatic rings. The average molecular weight is 221 g/mol. The number of hydrogen-bond acceptors (Lipinski definition) is 3. The van der Waals surface area contributed by atoms with E-state index in [4.69, 9.17) is 11.5 Å². The summed E-state index contributed by atoms with van der Waals surface area (Å²) < 4.78 is 0. The Morgan fingerprint density at radius 2 is 1.94 bits per heavy atom. The Bertz CT molecular complexity index is 322. The van der Waals surface area contributed by atoms with E-state index in [0.29, 0.717) is 19.5 Å². The van der Waals surface area contributed by atoms with Crippen LogP contribution in [0.1, 0.15) is 18.4 Å². The topological polar surface area (TPSA) is 81.1 Å². The lowest BCUT2D eigenvalue weighted by Gasteiger charge is -2.04. The fourth-order valence-corrected chi connectivity index (χ4v) is 1.36. The maximum absolute atomic E-state index is 11.4. The van der Waals surface area contributed by atoms with Crippen molar-refractivity contribution in [2.75, 3.05) is 18.8 Å². The highest BCUT2D eigenvalue weighted by Crippen LogP contribution is 2.07. The number of carbonyl (C=O) groups is 1. The predicted molar refractivity (Wildman–Crippen MR) is 65.9 cm³/mol. The normalized spacial score (nSPS) is 10.1. The van der Waals surface area contributed by atoms with Gasteiger partial charge >= 0.3 is 0 Å². The number of carbonyl (C=O) groups excluding carboxylic acids is 1. The average Bonchev–Trinajstić information content (AvgIpc) is 2.29. The highest BCUT2D eigenvalue weighted by atomic mass is 16.1. The van der Waals surface area contributed by atoms with Gasteiger partial charge in [-0.3, -0.25) is 4.79 Å². The van der Waals surface area contributed by atoms with E-state index < -0.39 is 0 Å². The molecule has 4 heteroatoms. The Hall–Kier alpha value is -1.55. The molecule has 0 fully saturated rings. The summed E-state index contributed by atoms with van der Waals surface area (Å²) in [5.74, 6) is 0.0743. The number of nitrogen functional groups attached to an aromatic ring is 1. The minimum absolute atomic E-state index is 0.0743. The van der Waals surface area contributed by atoms with Crippen LogP contribution in [0.25, 0.3) is 0 Å². The number of amides is 1. The Kier molecular flexibility index (Phi) is 5.36. The summed E-state index contributed by atoms with van der Waals surface area (Å²) in [6.07, 6.45) is 2.08. The number of hydrogen-bond donors (Lipinski definition) is 3. The SMILES string of the molecule is NCCCNC(=O)CCc1ccc(N)cc1. The molecule has 88 valence electrons. The Balaban J connectivity index is 2.23. The van der Waals surface area contributed by atoms with E-state index in [1.807, 2.05) is 24.3 Å². The number of benzene rings is 1. The van der Waals surface area contributed by atoms with Crippen LogP contribution in [0.3, 0.4) is 0 Å². The van der Waals surface area contributed by atoms with Crippen molar-refractivity contribution in [3.63, 3.8) is 0 Å². The van der Waals surface area contributed by atoms with Crippen LogP contribution in [0.5, 0.6) is 0 Å². The van der Waals surface area contributed by atoms with Crippen LogP contribution in [0.4, 0.5) is 5.69 Å². The first-order valence-electron chi connectivity index (χ1n) is 5.53. The molecule has 0 aliphatic carbocycles. The maximum Gasteiger partial charge on any atom is 0.220 e. The second-order valence-electron chi connectivity index (χ2n) is 3.73. The van der Waals surface area contributed by atoms with Gasteiger partial charge in [0.15, 0.2) is 0 Å². The summed E-state index contributed by atoms with van der Waals surface area (Å²) in [4.78, 5) is 11.4. The van der Waals surface area contributed by atoms with Crippen molar-refractivity contribution in [2.24, 2.45) is 5.73 Å². The molecule has 1 rings (SSSR count). The molecule has 1 aromatic carbocycles. The highest BCUT2D eigenvalue weighted by Gasteiger charge is 2.01. The highest BCUT2D eigenvalue weighted by molar-refractivity contribution is 5.76. The summed E-state index contributed by atoms with van der Waals surface area (Å²) in [6, 6.07) is 7.59. The molecule has 1 amide bonds. The molecule has 16 heavy (non-hydrogen) atoms. The zero-order valence-corrected chi connectivity index (χ0v) is 9.41. The summed E-state index contributed by atoms with van der Waals surface area (Å²) in [6.45, 7) is 1.27. The molecule has 0 aliphatic heterocycles. The van der Waals surface area contributed by atoms with Gasteiger partial charge in [-0.15, -0.1) is 0 Å². The van der Waals surface area contributed by atoms with Crippen LogP contribution in [-0.4, -0.2) is 19.0 Å². The third-order valence-corrected chi connectivity index (χ3v) is 2.32. The Morgan fingerprint density at radius 1 is 1.25 bits per heavy atom. The fraction of sp³-hybridized carbons (Fsp3) is 0.417. The molecule has 0 saturated heterocycles. The Morgan fingerprint density at radius 3 is 2.56 bits per heavy atom. The van der Waals surface area contributed by atoms with Gasteiger partial charge < -0.3 is 16.8 Å². The monoisotopic (exact) mass is 221 g/mol. The van der Waals surface area contributed by atoms with E-state index in [9.17, 15) is 4.79 Å². The number of nitrogens with two attached hydrogens (primary N) is 2. The lowest BCUT2D eigenvalue weighted by atomic mass is 10.1. The molecule has 0 radical (unpaired) electrons. The fourth-order valence-electron chi connectivity index (χ4n) is 1.36. The molecule has 0 unspecified atom stereocenters. The first kappa shape index (κ1) is 12.5. The van der Waals surface area contributed by atoms with Gasteiger partial charge in [0.05, 0.1) is 0 Å². The molecule has 4 nitrogen and oxygen atoms in total. The number of nitrogens with one attached hydrogen (secondary N) is 1. The van der Waals surface area contributed by atoms with Crippen LogP contribution < -0.4 is 16.8 Å². The van der Waals surface area contributed by atoms with Gasteiger partial charge in [-0.25, -0.2) is 0 Å². The van der Waals surface area contributed by atoms with Crippen LogP contribution >= 0.6 is 0 Å². The largest absolute Gasteiger partial charge is 0.399 e. The molecule has 0 atom stereocenters. The minimum Gasteiger partial charge on any atom is -0.399 e. The summed E-state index contributed by atoms with van der Waals surface area (Å²) in [5, 5.41) is 2.82. The molecule has 0 heterocycles. The summed E-state index contributed by atoms with van der Waals surface area (Å²) in [5.41, 5.74) is 12.8. The van der Waals surface area contributed by atoms with E-state index in [0.717, 1.165) is 24.1 Å². The molecular formula is C12H19N3O. The third kappa shape index (κ3) is 4.79. The second-order valence-corrected chi connectivity index (χ2v) is 3.73. The summed E-state index contributed by atoms with van der Waals surface area (Å²) in [7, 11) is 0. The molecule has 0 bridgehead atoms. The second kappa shape index (κ2) is 6.85. The van der Waals surface area contributed by atoms with Crippen LogP contribution in [-0.2, 0) is 11.2 Å². The molecule has 5 N–H and O–H groups in total. The van der Waals surface area contributed by atoms with Crippen molar-refractivity contribution in [1.29, 1.82) is 0 Å².